The number of hydrogen-bond acceptors (Lipinski definition) is 27. The Morgan fingerprint density at radius 3 is 1.57 bits per heavy atom. The SMILES string of the molecule is CC[C@@H](C)[C@H](NC(=O)[C@@H](NC(=O)[C@@H](NC(C)=O)[C@@H](C)O)[C@@H](C)O)C(=O)NCC(=O)N[C@@H](CCSC)C(=O)N[C@@H](CCSC)C(=O)N[C@H](C(=O)N[C@@H](CC(C)C)C(=O)N[C@@H](CCCCN)C(=O)N[C@@H]1CCCCn2cc(nn2)C[C@H](C(=O)N[C@@H](CC(C)C)C(=O)N[C@H](CO)C(N)=O)NC(=O)[C@@H](CCCCN)NC(=O)[C@@H](Cc2ccccc2)NC(=O)[C@H](C)NC1=O)[C@@H](C)O. The molecule has 1 aromatic carbocycles. The molecule has 17 amide bonds. The highest BCUT2D eigenvalue weighted by molar-refractivity contribution is 7.98. The minimum Gasteiger partial charge on any atom is -0.394 e. The van der Waals surface area contributed by atoms with Gasteiger partial charge < -0.3 is 123 Å². The molecule has 0 radical (unpaired) electrons. The van der Waals surface area contributed by atoms with Gasteiger partial charge in [-0.25, -0.2) is 0 Å². The van der Waals surface area contributed by atoms with E-state index in [1.54, 1.807) is 84.4 Å². The Labute approximate surface area is 749 Å². The largest absolute Gasteiger partial charge is 0.394 e. The zero-order chi connectivity index (χ0) is 95.3. The molecule has 0 saturated heterocycles. The molecule has 2 heterocycles. The molecule has 0 fully saturated rings. The zero-order valence-corrected chi connectivity index (χ0v) is 76.6. The topological polar surface area (TPSA) is 672 Å². The van der Waals surface area contributed by atoms with Gasteiger partial charge in [0.25, 0.3) is 0 Å². The van der Waals surface area contributed by atoms with Crippen LogP contribution >= 0.6 is 23.5 Å². The second-order valence-electron chi connectivity index (χ2n) is 32.7. The number of primary amides is 1. The maximum Gasteiger partial charge on any atom is 0.245 e. The zero-order valence-electron chi connectivity index (χ0n) is 75.0. The molecule has 1 aliphatic rings. The van der Waals surface area contributed by atoms with E-state index in [0.717, 1.165) is 6.92 Å². The first-order chi connectivity index (χ1) is 60.0. The summed E-state index contributed by atoms with van der Waals surface area (Å²) in [6.45, 7) is 15.3. The molecule has 0 aliphatic carbocycles. The van der Waals surface area contributed by atoms with E-state index in [-0.39, 0.29) is 120 Å². The van der Waals surface area contributed by atoms with Crippen molar-refractivity contribution in [1.29, 1.82) is 0 Å². The second-order valence-corrected chi connectivity index (χ2v) is 34.7. The van der Waals surface area contributed by atoms with E-state index in [1.807, 2.05) is 0 Å². The van der Waals surface area contributed by atoms with Crippen molar-refractivity contribution in [2.24, 2.45) is 35.0 Å². The number of hydrogen-bond donors (Lipinski definition) is 23. The number of fused-ring (bicyclic) bond motifs is 2. The molecule has 2 bridgehead atoms. The average molecular weight is 1830 g/mol. The van der Waals surface area contributed by atoms with Crippen LogP contribution in [0.1, 0.15) is 177 Å². The first-order valence-corrected chi connectivity index (χ1v) is 45.9. The number of rotatable bonds is 50. The van der Waals surface area contributed by atoms with Crippen LogP contribution in [0.3, 0.4) is 0 Å². The van der Waals surface area contributed by atoms with Crippen molar-refractivity contribution >= 4 is 124 Å². The van der Waals surface area contributed by atoms with Crippen LogP contribution < -0.4 is 102 Å². The average Bonchev–Trinajstić information content (AvgIpc) is 1.81. The number of unbranched alkanes of at least 4 members (excludes halogenated alkanes) is 2. The van der Waals surface area contributed by atoms with Crippen molar-refractivity contribution in [3.8, 4) is 0 Å². The lowest BCUT2D eigenvalue weighted by Crippen LogP contribution is -2.62. The van der Waals surface area contributed by atoms with E-state index < -0.39 is 228 Å². The standard InChI is InChI=1S/C82H138N22O21S2/c1-14-45(6)64(99-82(125)67(49(10)108)101-81(124)65(47(8)106)88-50(11)109)79(122)86-40-63(110)89-56(29-34-126-12)73(116)93-57(30-35-127-13)74(117)100-66(48(9)107)80(123)97-59(37-44(4)5)75(118)91-54(26-18-21-31-83)71(114)90-53-28-20-23-33-104-41-52(102-103-104)39-61(78(121)95-58(36-43(2)3)76(119)98-62(42-105)68(85)111)96-72(115)55(27-19-22-32-84)92-77(120)60(38-51-24-16-15-17-25-51)94-69(112)46(7)87-70(53)113/h15-17,24-25,41,43-49,53-62,64-67,105-108H,14,18-23,26-40,42,83-84H2,1-13H3,(H2,85,111)(H,86,122)(H,87,113)(H,88,109)(H,89,110)(H,90,114)(H,91,118)(H,92,120)(H,93,116)(H,94,112)(H,95,121)(H,96,115)(H,97,123)(H,98,119)(H,99,125)(H,100,117)(H,101,124)/t45-,46+,47-,48-,49-,53-,54+,55-,56+,57+,58+,59+,60-,61-,62-,64+,65+,66+,67+/m1/s1. The minimum atomic E-state index is -1.80. The molecular formula is C82H138N22O21S2. The van der Waals surface area contributed by atoms with Crippen molar-refractivity contribution in [2.45, 2.75) is 294 Å². The number of nitrogens with two attached hydrogens (primary N) is 3. The molecule has 26 N–H and O–H groups in total. The summed E-state index contributed by atoms with van der Waals surface area (Å²) in [5.74, 6) is -16.0. The molecule has 19 atom stereocenters. The van der Waals surface area contributed by atoms with Gasteiger partial charge in [-0.2, -0.15) is 23.5 Å². The highest BCUT2D eigenvalue weighted by Gasteiger charge is 2.41. The summed E-state index contributed by atoms with van der Waals surface area (Å²) in [7, 11) is 0. The number of benzene rings is 1. The molecule has 0 saturated carbocycles. The van der Waals surface area contributed by atoms with Crippen LogP contribution in [0, 0.1) is 17.8 Å². The molecule has 0 spiro atoms. The van der Waals surface area contributed by atoms with E-state index in [9.17, 15) is 102 Å². The molecule has 45 heteroatoms. The van der Waals surface area contributed by atoms with Crippen LogP contribution in [0.15, 0.2) is 36.5 Å². The van der Waals surface area contributed by atoms with Gasteiger partial charge in [0, 0.05) is 32.5 Å². The van der Waals surface area contributed by atoms with E-state index in [4.69, 9.17) is 17.2 Å². The number of nitrogens with one attached hydrogen (secondary N) is 16. The number of carbonyl (C=O) groups is 17. The first kappa shape index (κ1) is 111. The van der Waals surface area contributed by atoms with Gasteiger partial charge in [0.15, 0.2) is 0 Å². The third-order valence-electron chi connectivity index (χ3n) is 20.7. The number of aliphatic hydroxyl groups is 4. The fourth-order valence-corrected chi connectivity index (χ4v) is 14.2. The fraction of sp³-hybridized carbons (Fsp3) is 0.695. The Hall–Kier alpha value is -10.2. The van der Waals surface area contributed by atoms with Crippen molar-refractivity contribution in [3.05, 3.63) is 47.8 Å². The lowest BCUT2D eigenvalue weighted by atomic mass is 9.97. The van der Waals surface area contributed by atoms with Crippen LogP contribution in [0.25, 0.3) is 0 Å². The second kappa shape index (κ2) is 58.3. The maximum atomic E-state index is 14.9. The Morgan fingerprint density at radius 1 is 0.543 bits per heavy atom. The van der Waals surface area contributed by atoms with Crippen molar-refractivity contribution in [1.82, 2.24) is 100 Å². The molecule has 0 unspecified atom stereocenters. The number of aromatic nitrogens is 3. The summed E-state index contributed by atoms with van der Waals surface area (Å²) < 4.78 is 1.42. The lowest BCUT2D eigenvalue weighted by Gasteiger charge is -2.29. The van der Waals surface area contributed by atoms with E-state index >= 15 is 0 Å². The van der Waals surface area contributed by atoms with E-state index in [2.05, 4.69) is 95.4 Å². The molecular weight excluding hydrogens is 1690 g/mol. The van der Waals surface area contributed by atoms with E-state index in [1.165, 1.54) is 62.1 Å². The quantitative estimate of drug-likeness (QED) is 0.0274. The minimum absolute atomic E-state index is 0.00167. The van der Waals surface area contributed by atoms with Gasteiger partial charge in [-0.15, -0.1) is 5.10 Å². The molecule has 43 nitrogen and oxygen atoms in total. The Bertz CT molecular complexity index is 3920. The summed E-state index contributed by atoms with van der Waals surface area (Å²) in [6.07, 6.45) is 1.55. The molecule has 714 valence electrons. The molecule has 3 rings (SSSR count). The van der Waals surface area contributed by atoms with Gasteiger partial charge >= 0.3 is 0 Å². The van der Waals surface area contributed by atoms with Crippen LogP contribution in [-0.4, -0.2) is 295 Å². The predicted octanol–water partition coefficient (Wildman–Crippen LogP) is -5.80. The monoisotopic (exact) mass is 1830 g/mol. The van der Waals surface area contributed by atoms with Gasteiger partial charge in [0.2, 0.25) is 100 Å². The summed E-state index contributed by atoms with van der Waals surface area (Å²) in [5.41, 5.74) is 17.9. The van der Waals surface area contributed by atoms with Crippen LogP contribution in [0.4, 0.5) is 0 Å². The number of amides is 17. The fourth-order valence-electron chi connectivity index (χ4n) is 13.3. The van der Waals surface area contributed by atoms with Crippen molar-refractivity contribution < 1.29 is 102 Å². The van der Waals surface area contributed by atoms with Crippen LogP contribution in [0.2, 0.25) is 0 Å². The number of carbonyl (C=O) groups excluding carboxylic acids is 17. The number of thioether (sulfide) groups is 2. The third kappa shape index (κ3) is 40.4. The van der Waals surface area contributed by atoms with Crippen LogP contribution in [-0.2, 0) is 101 Å². The lowest BCUT2D eigenvalue weighted by molar-refractivity contribution is -0.137. The molecule has 2 aromatic rings. The van der Waals surface area contributed by atoms with Gasteiger partial charge in [0.05, 0.1) is 37.2 Å². The highest BCUT2D eigenvalue weighted by Crippen LogP contribution is 2.17. The van der Waals surface area contributed by atoms with Gasteiger partial charge in [-0.05, 0) is 172 Å². The molecule has 127 heavy (non-hydrogen) atoms. The summed E-state index contributed by atoms with van der Waals surface area (Å²) in [6, 6.07) is -13.5. The normalized spacial score (nSPS) is 19.4. The van der Waals surface area contributed by atoms with Crippen molar-refractivity contribution in [3.63, 3.8) is 0 Å². The molecule has 1 aromatic heterocycles. The Balaban J connectivity index is 2.00. The predicted molar refractivity (Wildman–Crippen MR) is 473 cm³/mol. The Morgan fingerprint density at radius 2 is 1.03 bits per heavy atom. The first-order valence-electron chi connectivity index (χ1n) is 43.1. The third-order valence-corrected chi connectivity index (χ3v) is 22.0. The smallest absolute Gasteiger partial charge is 0.245 e. The van der Waals surface area contributed by atoms with Crippen LogP contribution in [0.5, 0.6) is 0 Å². The van der Waals surface area contributed by atoms with Gasteiger partial charge in [-0.1, -0.05) is 83.5 Å². The highest BCUT2D eigenvalue weighted by atomic mass is 32.2. The number of aryl methyl sites for hydroxylation is 1. The summed E-state index contributed by atoms with van der Waals surface area (Å²) >= 11 is 2.62. The van der Waals surface area contributed by atoms with E-state index in [0.29, 0.717) is 37.0 Å². The summed E-state index contributed by atoms with van der Waals surface area (Å²) in [5, 5.41) is 91.5. The molecule has 1 aliphatic heterocycles. The van der Waals surface area contributed by atoms with Gasteiger partial charge in [-0.3, -0.25) is 86.2 Å². The number of nitrogens with zero attached hydrogens (tertiary/aromatic N) is 3. The Kier molecular flexibility index (Phi) is 51.0. The van der Waals surface area contributed by atoms with Gasteiger partial charge in [0.1, 0.15) is 90.6 Å². The number of aliphatic hydroxyl groups excluding tert-OH is 4. The summed E-state index contributed by atoms with van der Waals surface area (Å²) in [4.78, 5) is 238. The van der Waals surface area contributed by atoms with Crippen molar-refractivity contribution in [2.75, 3.05) is 50.3 Å². The maximum absolute atomic E-state index is 14.9.